The highest BCUT2D eigenvalue weighted by Gasteiger charge is 2.56. The zero-order chi connectivity index (χ0) is 34.9. The summed E-state index contributed by atoms with van der Waals surface area (Å²) in [5, 5.41) is 3.59. The Bertz CT molecular complexity index is 1900. The number of aryl methyl sites for hydroxylation is 1. The molecule has 3 aliphatic rings. The number of carbonyl (C=O) groups is 2. The number of rotatable bonds is 10. The minimum atomic E-state index is -0.529. The van der Waals surface area contributed by atoms with Crippen LogP contribution in [0.5, 0.6) is 0 Å². The van der Waals surface area contributed by atoms with E-state index in [0.717, 1.165) is 12.0 Å². The fourth-order valence-corrected chi connectivity index (χ4v) is 7.87. The van der Waals surface area contributed by atoms with Crippen molar-refractivity contribution in [2.24, 2.45) is 11.8 Å². The van der Waals surface area contributed by atoms with Crippen LogP contribution in [0.1, 0.15) is 66.0 Å². The summed E-state index contributed by atoms with van der Waals surface area (Å²) in [7, 11) is 0. The van der Waals surface area contributed by atoms with Gasteiger partial charge in [0.1, 0.15) is 13.2 Å². The first-order valence-electron chi connectivity index (χ1n) is 17.7. The number of nitrogens with zero attached hydrogens (tertiary/aromatic N) is 1. The number of ketones is 2. The summed E-state index contributed by atoms with van der Waals surface area (Å²) in [6.07, 6.45) is 2.12. The highest BCUT2D eigenvalue weighted by Crippen LogP contribution is 2.51. The maximum Gasteiger partial charge on any atom is 0.198 e. The van der Waals surface area contributed by atoms with Crippen molar-refractivity contribution in [2.45, 2.75) is 64.1 Å². The van der Waals surface area contributed by atoms with Crippen molar-refractivity contribution < 1.29 is 19.1 Å². The van der Waals surface area contributed by atoms with E-state index < -0.39 is 11.6 Å². The van der Waals surface area contributed by atoms with Crippen LogP contribution in [0.2, 0.25) is 0 Å². The number of Topliss-reactive ketones (excluding diaryl/α,β-unsaturated/α-hetero) is 2. The maximum absolute atomic E-state index is 15.0. The van der Waals surface area contributed by atoms with E-state index in [4.69, 9.17) is 9.47 Å². The molecule has 0 aliphatic carbocycles. The Labute approximate surface area is 295 Å². The lowest BCUT2D eigenvalue weighted by molar-refractivity contribution is 0.0630. The van der Waals surface area contributed by atoms with Gasteiger partial charge in [0.2, 0.25) is 0 Å². The second-order valence-electron chi connectivity index (χ2n) is 15.0. The van der Waals surface area contributed by atoms with E-state index in [1.807, 2.05) is 72.8 Å². The number of carbonyl (C=O) groups excluding carboxylic acids is 2. The van der Waals surface area contributed by atoms with Gasteiger partial charge in [-0.05, 0) is 69.9 Å². The van der Waals surface area contributed by atoms with Gasteiger partial charge in [-0.2, -0.15) is 0 Å². The van der Waals surface area contributed by atoms with Gasteiger partial charge >= 0.3 is 0 Å². The third-order valence-corrected chi connectivity index (χ3v) is 10.3. The molecule has 0 saturated carbocycles. The lowest BCUT2D eigenvalue weighted by atomic mass is 9.67. The Morgan fingerprint density at radius 1 is 0.720 bits per heavy atom. The van der Waals surface area contributed by atoms with E-state index in [2.05, 4.69) is 86.4 Å². The summed E-state index contributed by atoms with van der Waals surface area (Å²) < 4.78 is 13.1. The molecule has 7 rings (SSSR count). The van der Waals surface area contributed by atoms with Gasteiger partial charge in [-0.15, -0.1) is 0 Å². The second-order valence-corrected chi connectivity index (χ2v) is 15.0. The van der Waals surface area contributed by atoms with E-state index in [1.165, 1.54) is 5.56 Å². The Morgan fingerprint density at radius 3 is 1.86 bits per heavy atom. The van der Waals surface area contributed by atoms with Gasteiger partial charge in [0, 0.05) is 11.1 Å². The molecule has 3 unspecified atom stereocenters. The van der Waals surface area contributed by atoms with Gasteiger partial charge in [-0.25, -0.2) is 0 Å². The van der Waals surface area contributed by atoms with E-state index in [9.17, 15) is 4.79 Å². The molecule has 4 aromatic rings. The van der Waals surface area contributed by atoms with Gasteiger partial charge < -0.3 is 19.7 Å². The predicted octanol–water partition coefficient (Wildman–Crippen LogP) is 8.17. The minimum Gasteiger partial charge on any atom is -0.476 e. The van der Waals surface area contributed by atoms with Crippen LogP contribution in [-0.2, 0) is 22.3 Å². The van der Waals surface area contributed by atoms with E-state index in [1.54, 1.807) is 0 Å². The average Bonchev–Trinajstić information content (AvgIpc) is 3.66. The van der Waals surface area contributed by atoms with Crippen LogP contribution < -0.4 is 5.32 Å². The number of hydrogen-bond donors (Lipinski definition) is 1. The summed E-state index contributed by atoms with van der Waals surface area (Å²) in [5.74, 6) is 0.550. The molecule has 256 valence electrons. The molecule has 1 N–H and O–H groups in total. The van der Waals surface area contributed by atoms with Crippen molar-refractivity contribution in [3.63, 3.8) is 0 Å². The smallest absolute Gasteiger partial charge is 0.198 e. The van der Waals surface area contributed by atoms with E-state index >= 15 is 4.79 Å². The van der Waals surface area contributed by atoms with Crippen molar-refractivity contribution in [3.05, 3.63) is 166 Å². The van der Waals surface area contributed by atoms with Crippen molar-refractivity contribution >= 4 is 11.6 Å². The third kappa shape index (κ3) is 6.59. The molecule has 3 aliphatic heterocycles. The monoisotopic (exact) mass is 666 g/mol. The van der Waals surface area contributed by atoms with Gasteiger partial charge in [0.05, 0.1) is 28.3 Å². The number of ether oxygens (including phenoxy) is 2. The van der Waals surface area contributed by atoms with Crippen molar-refractivity contribution in [1.82, 2.24) is 10.2 Å². The highest BCUT2D eigenvalue weighted by molar-refractivity contribution is 6.11. The molecule has 3 atom stereocenters. The minimum absolute atomic E-state index is 0.0298. The van der Waals surface area contributed by atoms with Crippen molar-refractivity contribution in [1.29, 1.82) is 0 Å². The molecule has 0 amide bonds. The van der Waals surface area contributed by atoms with Crippen LogP contribution in [0, 0.1) is 11.8 Å². The van der Waals surface area contributed by atoms with Gasteiger partial charge in [0.25, 0.3) is 0 Å². The Balaban J connectivity index is 1.49. The lowest BCUT2D eigenvalue weighted by Gasteiger charge is -2.49. The van der Waals surface area contributed by atoms with Crippen molar-refractivity contribution in [3.8, 4) is 0 Å². The molecule has 2 saturated heterocycles. The molecule has 6 nitrogen and oxygen atoms in total. The van der Waals surface area contributed by atoms with Crippen LogP contribution in [0.15, 0.2) is 144 Å². The fourth-order valence-electron chi connectivity index (χ4n) is 7.87. The first kappa shape index (κ1) is 33.4. The Morgan fingerprint density at radius 2 is 1.28 bits per heavy atom. The number of benzene rings is 4. The van der Waals surface area contributed by atoms with Crippen LogP contribution in [0.3, 0.4) is 0 Å². The molecule has 3 heterocycles. The van der Waals surface area contributed by atoms with Gasteiger partial charge in [-0.3, -0.25) is 9.59 Å². The standard InChI is InChI=1S/C44H46N2O4/c1-43(2)28-49-41(45-43)37(40(48)33-23-15-8-16-24-33)38-35(27-31-19-11-6-12-20-31)34(26-25-30-17-9-5-10-18-30)36(39(47)32-21-13-7-14-22-32)42-46(38)44(3,4)29-50-42/h5-24,34-35,38,45H,25-29H2,1-4H3/b41-37-. The van der Waals surface area contributed by atoms with Gasteiger partial charge in [0.15, 0.2) is 23.3 Å². The van der Waals surface area contributed by atoms with Crippen LogP contribution >= 0.6 is 0 Å². The summed E-state index contributed by atoms with van der Waals surface area (Å²) in [4.78, 5) is 32.1. The Kier molecular flexibility index (Phi) is 9.13. The lowest BCUT2D eigenvalue weighted by Crippen LogP contribution is -2.57. The largest absolute Gasteiger partial charge is 0.476 e. The highest BCUT2D eigenvalue weighted by atomic mass is 16.5. The van der Waals surface area contributed by atoms with Crippen LogP contribution in [0.25, 0.3) is 0 Å². The zero-order valence-corrected chi connectivity index (χ0v) is 29.4. The molecule has 0 radical (unpaired) electrons. The molecule has 0 aromatic heterocycles. The number of allylic oxidation sites excluding steroid dienone is 1. The summed E-state index contributed by atoms with van der Waals surface area (Å²) >= 11 is 0. The molecule has 0 bridgehead atoms. The molecule has 50 heavy (non-hydrogen) atoms. The molecular formula is C44H46N2O4. The molecule has 6 heteroatoms. The SMILES string of the molecule is CC1(C)CO/C(=C(\C(=O)c2ccccc2)C2C(Cc3ccccc3)C(CCc3ccccc3)C(C(=O)c3ccccc3)=C3OCC(C)(C)N32)N1. The predicted molar refractivity (Wildman–Crippen MR) is 196 cm³/mol. The quantitative estimate of drug-likeness (QED) is 0.136. The maximum atomic E-state index is 15.0. The summed E-state index contributed by atoms with van der Waals surface area (Å²) in [6, 6.07) is 39.4. The fraction of sp³-hybridized carbons (Fsp3) is 0.318. The van der Waals surface area contributed by atoms with Crippen LogP contribution in [0.4, 0.5) is 0 Å². The number of fused-ring (bicyclic) bond motifs is 1. The molecular weight excluding hydrogens is 620 g/mol. The normalized spacial score (nSPS) is 23.0. The number of nitrogens with one attached hydrogen (secondary N) is 1. The van der Waals surface area contributed by atoms with Gasteiger partial charge in [-0.1, -0.05) is 121 Å². The topological polar surface area (TPSA) is 67.9 Å². The van der Waals surface area contributed by atoms with E-state index in [-0.39, 0.29) is 28.9 Å². The summed E-state index contributed by atoms with van der Waals surface area (Å²) in [6.45, 7) is 9.27. The summed E-state index contributed by atoms with van der Waals surface area (Å²) in [5.41, 5.74) is 3.95. The second kappa shape index (κ2) is 13.7. The number of hydrogen-bond acceptors (Lipinski definition) is 6. The first-order valence-corrected chi connectivity index (χ1v) is 17.7. The molecule has 4 aromatic carbocycles. The van der Waals surface area contributed by atoms with Crippen LogP contribution in [-0.4, -0.2) is 46.8 Å². The molecule has 2 fully saturated rings. The average molecular weight is 667 g/mol. The Hall–Kier alpha value is -5.10. The van der Waals surface area contributed by atoms with Crippen molar-refractivity contribution in [2.75, 3.05) is 13.2 Å². The molecule has 0 spiro atoms. The van der Waals surface area contributed by atoms with E-state index in [0.29, 0.717) is 60.1 Å². The first-order chi connectivity index (χ1) is 24.1. The zero-order valence-electron chi connectivity index (χ0n) is 29.4. The third-order valence-electron chi connectivity index (χ3n) is 10.3.